The molecule has 1 aliphatic carbocycles. The molecule has 0 saturated carbocycles. The van der Waals surface area contributed by atoms with Gasteiger partial charge in [0.2, 0.25) is 0 Å². The highest BCUT2D eigenvalue weighted by Gasteiger charge is 2.09. The van der Waals surface area contributed by atoms with Crippen LogP contribution in [0.15, 0.2) is 24.3 Å². The largest absolute Gasteiger partial charge is 0.466 e. The molecular weight excluding hydrogens is 238 g/mol. The fourth-order valence-corrected chi connectivity index (χ4v) is 2.37. The van der Waals surface area contributed by atoms with Crippen LogP contribution in [0.3, 0.4) is 0 Å². The zero-order valence-corrected chi connectivity index (χ0v) is 11.4. The van der Waals surface area contributed by atoms with Gasteiger partial charge < -0.3 is 10.1 Å². The van der Waals surface area contributed by atoms with Gasteiger partial charge in [0, 0.05) is 13.1 Å². The predicted molar refractivity (Wildman–Crippen MR) is 76.8 cm³/mol. The zero-order chi connectivity index (χ0) is 13.5. The maximum Gasteiger partial charge on any atom is 0.307 e. The van der Waals surface area contributed by atoms with Crippen molar-refractivity contribution in [2.24, 2.45) is 0 Å². The van der Waals surface area contributed by atoms with E-state index in [0.29, 0.717) is 19.6 Å². The minimum absolute atomic E-state index is 0.131. The van der Waals surface area contributed by atoms with Gasteiger partial charge in [-0.05, 0) is 36.5 Å². The Morgan fingerprint density at radius 3 is 3.16 bits per heavy atom. The van der Waals surface area contributed by atoms with Crippen LogP contribution in [-0.2, 0) is 22.5 Å². The molecule has 1 aliphatic rings. The molecule has 1 N–H and O–H groups in total. The third-order valence-electron chi connectivity index (χ3n) is 3.29. The van der Waals surface area contributed by atoms with Crippen molar-refractivity contribution in [2.45, 2.75) is 32.7 Å². The second kappa shape index (κ2) is 7.10. The second-order valence-corrected chi connectivity index (χ2v) is 4.66. The van der Waals surface area contributed by atoms with E-state index >= 15 is 0 Å². The molecule has 0 heterocycles. The van der Waals surface area contributed by atoms with Gasteiger partial charge in [0.05, 0.1) is 13.0 Å². The number of allylic oxidation sites excluding steroid dienone is 1. The van der Waals surface area contributed by atoms with E-state index in [1.54, 1.807) is 0 Å². The van der Waals surface area contributed by atoms with Crippen molar-refractivity contribution < 1.29 is 9.53 Å². The number of nitrogens with one attached hydrogen (secondary N) is 1. The molecule has 19 heavy (non-hydrogen) atoms. The van der Waals surface area contributed by atoms with E-state index in [9.17, 15) is 4.79 Å². The zero-order valence-electron chi connectivity index (χ0n) is 11.4. The van der Waals surface area contributed by atoms with Crippen molar-refractivity contribution in [1.82, 2.24) is 5.32 Å². The molecular formula is C16H21NO2. The normalized spacial score (nSPS) is 13.1. The molecule has 1 aromatic rings. The molecule has 0 aliphatic heterocycles. The standard InChI is InChI=1S/C16H21NO2/c1-2-19-16(18)10-11-17-12-14-8-5-7-13-6-3-4-9-15(13)14/h3,5-8,17H,2,4,9-12H2,1H3. The first-order valence-electron chi connectivity index (χ1n) is 6.95. The van der Waals surface area contributed by atoms with Crippen LogP contribution in [0.2, 0.25) is 0 Å². The van der Waals surface area contributed by atoms with Gasteiger partial charge in [-0.15, -0.1) is 0 Å². The van der Waals surface area contributed by atoms with Crippen molar-refractivity contribution in [3.63, 3.8) is 0 Å². The minimum Gasteiger partial charge on any atom is -0.466 e. The summed E-state index contributed by atoms with van der Waals surface area (Å²) in [5.74, 6) is -0.131. The molecule has 3 nitrogen and oxygen atoms in total. The maximum atomic E-state index is 11.2. The number of benzene rings is 1. The van der Waals surface area contributed by atoms with Gasteiger partial charge in [-0.25, -0.2) is 0 Å². The Kier molecular flexibility index (Phi) is 5.16. The summed E-state index contributed by atoms with van der Waals surface area (Å²) >= 11 is 0. The number of ether oxygens (including phenoxy) is 1. The van der Waals surface area contributed by atoms with Gasteiger partial charge in [-0.2, -0.15) is 0 Å². The number of fused-ring (bicyclic) bond motifs is 1. The van der Waals surface area contributed by atoms with Crippen molar-refractivity contribution in [2.75, 3.05) is 13.2 Å². The molecule has 1 aromatic carbocycles. The van der Waals surface area contributed by atoms with Gasteiger partial charge >= 0.3 is 5.97 Å². The van der Waals surface area contributed by atoms with Crippen molar-refractivity contribution in [1.29, 1.82) is 0 Å². The fourth-order valence-electron chi connectivity index (χ4n) is 2.37. The lowest BCUT2D eigenvalue weighted by atomic mass is 9.93. The topological polar surface area (TPSA) is 38.3 Å². The molecule has 0 fully saturated rings. The minimum atomic E-state index is -0.131. The average molecular weight is 259 g/mol. The quantitative estimate of drug-likeness (QED) is 0.630. The van der Waals surface area contributed by atoms with Gasteiger partial charge in [-0.3, -0.25) is 4.79 Å². The summed E-state index contributed by atoms with van der Waals surface area (Å²) in [5.41, 5.74) is 4.11. The van der Waals surface area contributed by atoms with Crippen molar-refractivity contribution in [3.8, 4) is 0 Å². The van der Waals surface area contributed by atoms with Crippen LogP contribution >= 0.6 is 0 Å². The Labute approximate surface area is 114 Å². The maximum absolute atomic E-state index is 11.2. The highest BCUT2D eigenvalue weighted by atomic mass is 16.5. The van der Waals surface area contributed by atoms with Crippen LogP contribution in [0.1, 0.15) is 36.5 Å². The molecule has 2 rings (SSSR count). The SMILES string of the molecule is CCOC(=O)CCNCc1cccc2c1CCC=C2. The molecule has 102 valence electrons. The molecule has 0 unspecified atom stereocenters. The number of carbonyl (C=O) groups is 1. The fraction of sp³-hybridized carbons (Fsp3) is 0.438. The van der Waals surface area contributed by atoms with Crippen molar-refractivity contribution in [3.05, 3.63) is 41.0 Å². The van der Waals surface area contributed by atoms with Crippen molar-refractivity contribution >= 4 is 12.0 Å². The summed E-state index contributed by atoms with van der Waals surface area (Å²) in [5, 5.41) is 3.32. The second-order valence-electron chi connectivity index (χ2n) is 4.66. The van der Waals surface area contributed by atoms with E-state index in [-0.39, 0.29) is 5.97 Å². The monoisotopic (exact) mass is 259 g/mol. The lowest BCUT2D eigenvalue weighted by Crippen LogP contribution is -2.20. The number of rotatable bonds is 6. The first kappa shape index (κ1) is 13.8. The Morgan fingerprint density at radius 1 is 1.42 bits per heavy atom. The lowest BCUT2D eigenvalue weighted by molar-refractivity contribution is -0.142. The Balaban J connectivity index is 1.84. The number of esters is 1. The van der Waals surface area contributed by atoms with Crippen LogP contribution < -0.4 is 5.32 Å². The Bertz CT molecular complexity index is 466. The summed E-state index contributed by atoms with van der Waals surface area (Å²) in [4.78, 5) is 11.2. The number of hydrogen-bond donors (Lipinski definition) is 1. The van der Waals surface area contributed by atoms with Gasteiger partial charge in [0.15, 0.2) is 0 Å². The van der Waals surface area contributed by atoms with E-state index in [2.05, 4.69) is 35.7 Å². The van der Waals surface area contributed by atoms with Crippen LogP contribution in [0.4, 0.5) is 0 Å². The summed E-state index contributed by atoms with van der Waals surface area (Å²) in [6.45, 7) is 3.77. The Hall–Kier alpha value is -1.61. The molecule has 0 atom stereocenters. The molecule has 0 radical (unpaired) electrons. The van der Waals surface area contributed by atoms with Crippen LogP contribution in [0.25, 0.3) is 6.08 Å². The van der Waals surface area contributed by atoms with E-state index in [1.807, 2.05) is 6.92 Å². The van der Waals surface area contributed by atoms with E-state index in [1.165, 1.54) is 16.7 Å². The first-order valence-corrected chi connectivity index (χ1v) is 6.95. The summed E-state index contributed by atoms with van der Waals surface area (Å²) in [7, 11) is 0. The highest BCUT2D eigenvalue weighted by molar-refractivity contribution is 5.69. The summed E-state index contributed by atoms with van der Waals surface area (Å²) in [6.07, 6.45) is 7.08. The third-order valence-corrected chi connectivity index (χ3v) is 3.29. The third kappa shape index (κ3) is 3.93. The highest BCUT2D eigenvalue weighted by Crippen LogP contribution is 2.22. The summed E-state index contributed by atoms with van der Waals surface area (Å²) < 4.78 is 4.90. The van der Waals surface area contributed by atoms with E-state index < -0.39 is 0 Å². The molecule has 0 amide bonds. The number of hydrogen-bond acceptors (Lipinski definition) is 3. The van der Waals surface area contributed by atoms with Gasteiger partial charge in [0.1, 0.15) is 0 Å². The Morgan fingerprint density at radius 2 is 2.32 bits per heavy atom. The molecule has 0 aromatic heterocycles. The molecule has 3 heteroatoms. The van der Waals surface area contributed by atoms with Crippen LogP contribution in [0, 0.1) is 0 Å². The average Bonchev–Trinajstić information content (AvgIpc) is 2.44. The van der Waals surface area contributed by atoms with Crippen LogP contribution in [-0.4, -0.2) is 19.1 Å². The predicted octanol–water partition coefficient (Wildman–Crippen LogP) is 2.69. The van der Waals surface area contributed by atoms with Gasteiger partial charge in [0.25, 0.3) is 0 Å². The molecule has 0 bridgehead atoms. The van der Waals surface area contributed by atoms with Gasteiger partial charge in [-0.1, -0.05) is 30.4 Å². The lowest BCUT2D eigenvalue weighted by Gasteiger charge is -2.15. The first-order chi connectivity index (χ1) is 9.31. The smallest absolute Gasteiger partial charge is 0.307 e. The summed E-state index contributed by atoms with van der Waals surface area (Å²) in [6, 6.07) is 6.42. The van der Waals surface area contributed by atoms with E-state index in [0.717, 1.165) is 19.4 Å². The molecule has 0 saturated heterocycles. The molecule has 0 spiro atoms. The van der Waals surface area contributed by atoms with Crippen LogP contribution in [0.5, 0.6) is 0 Å². The number of carbonyl (C=O) groups excluding carboxylic acids is 1. The van der Waals surface area contributed by atoms with E-state index in [4.69, 9.17) is 4.74 Å².